The highest BCUT2D eigenvalue weighted by Gasteiger charge is 2.59. The minimum Gasteiger partial charge on any atom is -0.493 e. The van der Waals surface area contributed by atoms with Crippen molar-refractivity contribution in [2.45, 2.75) is 51.2 Å². The van der Waals surface area contributed by atoms with Crippen molar-refractivity contribution < 1.29 is 9.84 Å². The fourth-order valence-electron chi connectivity index (χ4n) is 5.45. The van der Waals surface area contributed by atoms with Crippen molar-refractivity contribution in [1.29, 1.82) is 0 Å². The Bertz CT molecular complexity index is 473. The normalized spacial score (nSPS) is 42.1. The molecule has 1 N–H and O–H groups in total. The molecular weight excluding hydrogens is 252 g/mol. The monoisotopic (exact) mass is 276 g/mol. The summed E-state index contributed by atoms with van der Waals surface area (Å²) in [5, 5.41) is 16.0. The zero-order chi connectivity index (χ0) is 13.9. The quantitative estimate of drug-likeness (QED) is 0.923. The highest BCUT2D eigenvalue weighted by molar-refractivity contribution is 5.34. The van der Waals surface area contributed by atoms with E-state index in [1.807, 2.05) is 4.68 Å². The molecule has 0 aliphatic heterocycles. The van der Waals surface area contributed by atoms with Crippen molar-refractivity contribution in [3.63, 3.8) is 0 Å². The molecule has 1 heterocycles. The SMILES string of the molecule is CCn1ncc(OC)c1C1(O)C2CC3CC(C2)CC1C3. The number of aryl methyl sites for hydroxylation is 1. The lowest BCUT2D eigenvalue weighted by Crippen LogP contribution is -2.56. The fourth-order valence-corrected chi connectivity index (χ4v) is 5.45. The fraction of sp³-hybridized carbons (Fsp3) is 0.812. The average molecular weight is 276 g/mol. The van der Waals surface area contributed by atoms with Crippen LogP contribution in [-0.2, 0) is 12.1 Å². The second-order valence-corrected chi connectivity index (χ2v) is 7.01. The lowest BCUT2D eigenvalue weighted by Gasteiger charge is -2.58. The van der Waals surface area contributed by atoms with Gasteiger partial charge >= 0.3 is 0 Å². The van der Waals surface area contributed by atoms with Crippen LogP contribution in [0.15, 0.2) is 6.20 Å². The molecule has 4 fully saturated rings. The highest BCUT2D eigenvalue weighted by atomic mass is 16.5. The van der Waals surface area contributed by atoms with Crippen LogP contribution in [0.3, 0.4) is 0 Å². The minimum absolute atomic E-state index is 0.398. The molecule has 110 valence electrons. The molecule has 0 radical (unpaired) electrons. The third kappa shape index (κ3) is 1.49. The molecule has 4 saturated carbocycles. The third-order valence-corrected chi connectivity index (χ3v) is 6.09. The molecule has 0 unspecified atom stereocenters. The van der Waals surface area contributed by atoms with Crippen LogP contribution in [0, 0.1) is 23.7 Å². The molecule has 0 aromatic carbocycles. The Morgan fingerprint density at radius 2 is 1.85 bits per heavy atom. The number of ether oxygens (including phenoxy) is 1. The molecule has 0 atom stereocenters. The first-order valence-electron chi connectivity index (χ1n) is 7.99. The van der Waals surface area contributed by atoms with E-state index in [0.717, 1.165) is 29.8 Å². The van der Waals surface area contributed by atoms with Gasteiger partial charge in [-0.05, 0) is 62.7 Å². The first-order chi connectivity index (χ1) is 9.66. The van der Waals surface area contributed by atoms with E-state index in [1.54, 1.807) is 13.3 Å². The molecule has 4 aliphatic carbocycles. The molecule has 4 aliphatic rings. The first kappa shape index (κ1) is 12.7. The molecule has 0 saturated heterocycles. The summed E-state index contributed by atoms with van der Waals surface area (Å²) in [7, 11) is 1.68. The van der Waals surface area contributed by atoms with E-state index >= 15 is 0 Å². The van der Waals surface area contributed by atoms with E-state index in [2.05, 4.69) is 12.0 Å². The molecule has 1 aromatic rings. The number of aromatic nitrogens is 2. The van der Waals surface area contributed by atoms with E-state index in [0.29, 0.717) is 11.8 Å². The first-order valence-corrected chi connectivity index (χ1v) is 7.99. The minimum atomic E-state index is -0.717. The molecule has 20 heavy (non-hydrogen) atoms. The smallest absolute Gasteiger partial charge is 0.162 e. The Labute approximate surface area is 120 Å². The maximum Gasteiger partial charge on any atom is 0.162 e. The number of nitrogens with zero attached hydrogens (tertiary/aromatic N) is 2. The van der Waals surface area contributed by atoms with E-state index in [1.165, 1.54) is 32.1 Å². The lowest BCUT2D eigenvalue weighted by molar-refractivity contribution is -0.184. The summed E-state index contributed by atoms with van der Waals surface area (Å²) in [6.45, 7) is 2.86. The predicted molar refractivity (Wildman–Crippen MR) is 75.4 cm³/mol. The summed E-state index contributed by atoms with van der Waals surface area (Å²) in [6.07, 6.45) is 7.89. The van der Waals surface area contributed by atoms with E-state index in [-0.39, 0.29) is 0 Å². The summed E-state index contributed by atoms with van der Waals surface area (Å²) >= 11 is 0. The van der Waals surface area contributed by atoms with E-state index in [4.69, 9.17) is 4.74 Å². The van der Waals surface area contributed by atoms with Crippen molar-refractivity contribution in [1.82, 2.24) is 9.78 Å². The topological polar surface area (TPSA) is 47.3 Å². The van der Waals surface area contributed by atoms with Crippen molar-refractivity contribution in [2.75, 3.05) is 7.11 Å². The Balaban J connectivity index is 1.82. The van der Waals surface area contributed by atoms with Gasteiger partial charge in [-0.2, -0.15) is 5.10 Å². The summed E-state index contributed by atoms with van der Waals surface area (Å²) in [5.74, 6) is 3.26. The van der Waals surface area contributed by atoms with Crippen molar-refractivity contribution in [3.05, 3.63) is 11.9 Å². The van der Waals surface area contributed by atoms with E-state index < -0.39 is 5.60 Å². The van der Waals surface area contributed by atoms with Gasteiger partial charge in [0.25, 0.3) is 0 Å². The lowest BCUT2D eigenvalue weighted by atomic mass is 9.49. The van der Waals surface area contributed by atoms with Crippen molar-refractivity contribution >= 4 is 0 Å². The third-order valence-electron chi connectivity index (χ3n) is 6.09. The zero-order valence-corrected chi connectivity index (χ0v) is 12.4. The van der Waals surface area contributed by atoms with Gasteiger partial charge < -0.3 is 9.84 Å². The van der Waals surface area contributed by atoms with Gasteiger partial charge in [-0.1, -0.05) is 0 Å². The summed E-state index contributed by atoms with van der Waals surface area (Å²) in [6, 6.07) is 0. The van der Waals surface area contributed by atoms with Gasteiger partial charge in [-0.15, -0.1) is 0 Å². The number of methoxy groups -OCH3 is 1. The maximum atomic E-state index is 11.6. The largest absolute Gasteiger partial charge is 0.493 e. The van der Waals surface area contributed by atoms with Gasteiger partial charge in [0.2, 0.25) is 0 Å². The standard InChI is InChI=1S/C16H24N2O2/c1-3-18-15(14(20-2)9-17-18)16(19)12-5-10-4-11(7-12)8-13(16)6-10/h9-13,19H,3-8H2,1-2H3. The van der Waals surface area contributed by atoms with E-state index in [9.17, 15) is 5.11 Å². The Morgan fingerprint density at radius 3 is 2.35 bits per heavy atom. The molecule has 0 spiro atoms. The molecule has 4 heteroatoms. The van der Waals surface area contributed by atoms with Crippen molar-refractivity contribution in [3.8, 4) is 5.75 Å². The Kier molecular flexibility index (Phi) is 2.69. The number of aliphatic hydroxyl groups is 1. The molecule has 0 amide bonds. The number of hydrogen-bond acceptors (Lipinski definition) is 3. The predicted octanol–water partition coefficient (Wildman–Crippen LogP) is 2.56. The molecule has 4 nitrogen and oxygen atoms in total. The van der Waals surface area contributed by atoms with Crippen LogP contribution in [0.25, 0.3) is 0 Å². The number of hydrogen-bond donors (Lipinski definition) is 1. The summed E-state index contributed by atoms with van der Waals surface area (Å²) in [4.78, 5) is 0. The Morgan fingerprint density at radius 1 is 1.25 bits per heavy atom. The van der Waals surface area contributed by atoms with Gasteiger partial charge in [0.1, 0.15) is 11.3 Å². The van der Waals surface area contributed by atoms with Crippen LogP contribution in [0.2, 0.25) is 0 Å². The zero-order valence-electron chi connectivity index (χ0n) is 12.4. The second-order valence-electron chi connectivity index (χ2n) is 7.01. The van der Waals surface area contributed by atoms with Crippen LogP contribution in [0.5, 0.6) is 5.75 Å². The van der Waals surface area contributed by atoms with Crippen LogP contribution < -0.4 is 4.74 Å². The summed E-state index contributed by atoms with van der Waals surface area (Å²) in [5.41, 5.74) is 0.224. The van der Waals surface area contributed by atoms with Gasteiger partial charge in [0, 0.05) is 6.54 Å². The van der Waals surface area contributed by atoms with Crippen LogP contribution in [-0.4, -0.2) is 22.0 Å². The molecular formula is C16H24N2O2. The van der Waals surface area contributed by atoms with Crippen molar-refractivity contribution in [2.24, 2.45) is 23.7 Å². The van der Waals surface area contributed by atoms with Gasteiger partial charge in [-0.3, -0.25) is 4.68 Å². The Hall–Kier alpha value is -1.03. The average Bonchev–Trinajstić information content (AvgIpc) is 2.87. The molecule has 4 bridgehead atoms. The maximum absolute atomic E-state index is 11.6. The van der Waals surface area contributed by atoms with Gasteiger partial charge in [0.05, 0.1) is 13.3 Å². The van der Waals surface area contributed by atoms with Crippen LogP contribution >= 0.6 is 0 Å². The molecule has 5 rings (SSSR count). The number of rotatable bonds is 3. The summed E-state index contributed by atoms with van der Waals surface area (Å²) < 4.78 is 7.45. The van der Waals surface area contributed by atoms with Crippen LogP contribution in [0.4, 0.5) is 0 Å². The van der Waals surface area contributed by atoms with Crippen LogP contribution in [0.1, 0.15) is 44.7 Å². The van der Waals surface area contributed by atoms with Gasteiger partial charge in [-0.25, -0.2) is 0 Å². The highest BCUT2D eigenvalue weighted by Crippen LogP contribution is 2.62. The molecule has 1 aromatic heterocycles. The second kappa shape index (κ2) is 4.23. The van der Waals surface area contributed by atoms with Gasteiger partial charge in [0.15, 0.2) is 5.75 Å².